The number of hydrogen-bond acceptors (Lipinski definition) is 5. The highest BCUT2D eigenvalue weighted by Gasteiger charge is 2.30. The first-order valence-electron chi connectivity index (χ1n) is 6.53. The van der Waals surface area contributed by atoms with Crippen LogP contribution in [0.15, 0.2) is 4.52 Å². The van der Waals surface area contributed by atoms with E-state index in [1.807, 2.05) is 0 Å². The summed E-state index contributed by atoms with van der Waals surface area (Å²) in [6.07, 6.45) is 3.62. The van der Waals surface area contributed by atoms with Crippen LogP contribution in [0.5, 0.6) is 0 Å². The Morgan fingerprint density at radius 3 is 2.94 bits per heavy atom. The van der Waals surface area contributed by atoms with Crippen molar-refractivity contribution in [2.24, 2.45) is 11.7 Å². The van der Waals surface area contributed by atoms with Gasteiger partial charge in [0.05, 0.1) is 6.54 Å². The van der Waals surface area contributed by atoms with Crippen molar-refractivity contribution in [3.63, 3.8) is 0 Å². The van der Waals surface area contributed by atoms with Gasteiger partial charge in [0.15, 0.2) is 5.82 Å². The van der Waals surface area contributed by atoms with Crippen LogP contribution in [0, 0.1) is 5.92 Å². The van der Waals surface area contributed by atoms with Crippen molar-refractivity contribution in [2.45, 2.75) is 44.7 Å². The molecular formula is C12H20N4O. The highest BCUT2D eigenvalue weighted by Crippen LogP contribution is 2.38. The zero-order valence-electron chi connectivity index (χ0n) is 10.3. The van der Waals surface area contributed by atoms with Crippen LogP contribution in [0.4, 0.5) is 0 Å². The molecule has 1 aromatic rings. The molecule has 2 heterocycles. The third-order valence-corrected chi connectivity index (χ3v) is 3.84. The molecule has 5 heteroatoms. The number of nitrogens with zero attached hydrogens (tertiary/aromatic N) is 3. The standard InChI is InChI=1S/C12H20N4O/c1-8(13)10-4-5-16(6-10)7-11-14-12(15-17-11)9-2-3-9/h8-10H,2-7,13H2,1H3. The van der Waals surface area contributed by atoms with Gasteiger partial charge in [0.25, 0.3) is 0 Å². The fraction of sp³-hybridized carbons (Fsp3) is 0.833. The van der Waals surface area contributed by atoms with Crippen LogP contribution in [-0.4, -0.2) is 34.2 Å². The molecule has 94 valence electrons. The molecule has 1 saturated carbocycles. The number of likely N-dealkylation sites (tertiary alicyclic amines) is 1. The minimum absolute atomic E-state index is 0.282. The Bertz CT molecular complexity index is 386. The molecule has 0 aromatic carbocycles. The molecule has 1 aliphatic carbocycles. The van der Waals surface area contributed by atoms with Gasteiger partial charge >= 0.3 is 0 Å². The monoisotopic (exact) mass is 236 g/mol. The summed E-state index contributed by atoms with van der Waals surface area (Å²) in [5, 5.41) is 4.04. The van der Waals surface area contributed by atoms with Crippen LogP contribution < -0.4 is 5.73 Å². The van der Waals surface area contributed by atoms with Crippen LogP contribution in [0.3, 0.4) is 0 Å². The molecule has 2 atom stereocenters. The molecule has 0 spiro atoms. The average molecular weight is 236 g/mol. The Labute approximate surface area is 101 Å². The third kappa shape index (κ3) is 2.50. The van der Waals surface area contributed by atoms with Crippen molar-refractivity contribution in [3.8, 4) is 0 Å². The lowest BCUT2D eigenvalue weighted by atomic mass is 10.0. The lowest BCUT2D eigenvalue weighted by molar-refractivity contribution is 0.256. The predicted octanol–water partition coefficient (Wildman–Crippen LogP) is 1.12. The Morgan fingerprint density at radius 2 is 2.29 bits per heavy atom. The zero-order chi connectivity index (χ0) is 11.8. The maximum atomic E-state index is 5.93. The Morgan fingerprint density at radius 1 is 1.47 bits per heavy atom. The molecule has 17 heavy (non-hydrogen) atoms. The summed E-state index contributed by atoms with van der Waals surface area (Å²) >= 11 is 0. The zero-order valence-corrected chi connectivity index (χ0v) is 10.3. The molecule has 2 N–H and O–H groups in total. The van der Waals surface area contributed by atoms with Crippen molar-refractivity contribution in [3.05, 3.63) is 11.7 Å². The Balaban J connectivity index is 1.56. The average Bonchev–Trinajstić information content (AvgIpc) is 2.87. The minimum atomic E-state index is 0.282. The normalized spacial score (nSPS) is 27.5. The molecule has 5 nitrogen and oxygen atoms in total. The Hall–Kier alpha value is -0.940. The molecule has 2 fully saturated rings. The van der Waals surface area contributed by atoms with Gasteiger partial charge in [-0.05, 0) is 38.6 Å². The summed E-state index contributed by atoms with van der Waals surface area (Å²) in [5.41, 5.74) is 5.93. The number of rotatable bonds is 4. The van der Waals surface area contributed by atoms with E-state index in [1.54, 1.807) is 0 Å². The molecule has 1 saturated heterocycles. The summed E-state index contributed by atoms with van der Waals surface area (Å²) in [4.78, 5) is 6.81. The van der Waals surface area contributed by atoms with E-state index in [9.17, 15) is 0 Å². The molecule has 0 radical (unpaired) electrons. The second kappa shape index (κ2) is 4.38. The molecule has 2 unspecified atom stereocenters. The van der Waals surface area contributed by atoms with E-state index >= 15 is 0 Å². The molecule has 0 bridgehead atoms. The van der Waals surface area contributed by atoms with Crippen molar-refractivity contribution < 1.29 is 4.52 Å². The summed E-state index contributed by atoms with van der Waals surface area (Å²) in [7, 11) is 0. The van der Waals surface area contributed by atoms with Gasteiger partial charge in [0.1, 0.15) is 0 Å². The second-order valence-corrected chi connectivity index (χ2v) is 5.46. The van der Waals surface area contributed by atoms with Gasteiger partial charge in [-0.3, -0.25) is 4.90 Å². The first kappa shape index (κ1) is 11.2. The molecule has 1 aliphatic heterocycles. The van der Waals surface area contributed by atoms with E-state index in [-0.39, 0.29) is 6.04 Å². The quantitative estimate of drug-likeness (QED) is 0.848. The Kier molecular flexibility index (Phi) is 2.88. The van der Waals surface area contributed by atoms with Crippen molar-refractivity contribution in [2.75, 3.05) is 13.1 Å². The second-order valence-electron chi connectivity index (χ2n) is 5.46. The molecule has 2 aliphatic rings. The van der Waals surface area contributed by atoms with Gasteiger partial charge in [-0.1, -0.05) is 5.16 Å². The van der Waals surface area contributed by atoms with Gasteiger partial charge in [-0.25, -0.2) is 0 Å². The van der Waals surface area contributed by atoms with Gasteiger partial charge < -0.3 is 10.3 Å². The topological polar surface area (TPSA) is 68.2 Å². The number of hydrogen-bond donors (Lipinski definition) is 1. The lowest BCUT2D eigenvalue weighted by Gasteiger charge is -2.15. The van der Waals surface area contributed by atoms with Crippen molar-refractivity contribution in [1.29, 1.82) is 0 Å². The van der Waals surface area contributed by atoms with E-state index in [2.05, 4.69) is 22.0 Å². The minimum Gasteiger partial charge on any atom is -0.338 e. The SMILES string of the molecule is CC(N)C1CCN(Cc2nc(C3CC3)no2)C1. The van der Waals surface area contributed by atoms with Crippen molar-refractivity contribution >= 4 is 0 Å². The van der Waals surface area contributed by atoms with Crippen LogP contribution in [-0.2, 0) is 6.54 Å². The van der Waals surface area contributed by atoms with Crippen LogP contribution in [0.25, 0.3) is 0 Å². The molecule has 0 amide bonds. The summed E-state index contributed by atoms with van der Waals surface area (Å²) < 4.78 is 5.29. The fourth-order valence-corrected chi connectivity index (χ4v) is 2.47. The first-order chi connectivity index (χ1) is 8.22. The van der Waals surface area contributed by atoms with E-state index < -0.39 is 0 Å². The van der Waals surface area contributed by atoms with E-state index in [4.69, 9.17) is 10.3 Å². The summed E-state index contributed by atoms with van der Waals surface area (Å²) in [5.74, 6) is 2.85. The summed E-state index contributed by atoms with van der Waals surface area (Å²) in [6.45, 7) is 5.02. The van der Waals surface area contributed by atoms with E-state index in [0.29, 0.717) is 11.8 Å². The predicted molar refractivity (Wildman–Crippen MR) is 63.3 cm³/mol. The fourth-order valence-electron chi connectivity index (χ4n) is 2.47. The van der Waals surface area contributed by atoms with Crippen LogP contribution >= 0.6 is 0 Å². The maximum absolute atomic E-state index is 5.93. The lowest BCUT2D eigenvalue weighted by Crippen LogP contribution is -2.29. The molecule has 3 rings (SSSR count). The smallest absolute Gasteiger partial charge is 0.240 e. The third-order valence-electron chi connectivity index (χ3n) is 3.84. The number of aromatic nitrogens is 2. The van der Waals surface area contributed by atoms with Gasteiger partial charge in [-0.15, -0.1) is 0 Å². The largest absolute Gasteiger partial charge is 0.338 e. The first-order valence-corrected chi connectivity index (χ1v) is 6.53. The van der Waals surface area contributed by atoms with Gasteiger partial charge in [0.2, 0.25) is 5.89 Å². The maximum Gasteiger partial charge on any atom is 0.240 e. The molecular weight excluding hydrogens is 216 g/mol. The van der Waals surface area contributed by atoms with Gasteiger partial charge in [-0.2, -0.15) is 4.98 Å². The summed E-state index contributed by atoms with van der Waals surface area (Å²) in [6, 6.07) is 0.282. The number of nitrogens with two attached hydrogens (primary N) is 1. The highest BCUT2D eigenvalue weighted by molar-refractivity contribution is 5.03. The van der Waals surface area contributed by atoms with E-state index in [0.717, 1.165) is 31.3 Å². The van der Waals surface area contributed by atoms with Crippen molar-refractivity contribution in [1.82, 2.24) is 15.0 Å². The van der Waals surface area contributed by atoms with E-state index in [1.165, 1.54) is 19.3 Å². The molecule has 1 aromatic heterocycles. The van der Waals surface area contributed by atoms with Crippen LogP contribution in [0.2, 0.25) is 0 Å². The highest BCUT2D eigenvalue weighted by atomic mass is 16.5. The van der Waals surface area contributed by atoms with Gasteiger partial charge in [0, 0.05) is 18.5 Å². The van der Waals surface area contributed by atoms with Crippen LogP contribution in [0.1, 0.15) is 43.8 Å².